The molecule has 5 heteroatoms. The van der Waals surface area contributed by atoms with Crippen molar-refractivity contribution in [3.8, 4) is 6.07 Å². The molecule has 1 aromatic rings. The van der Waals surface area contributed by atoms with Crippen molar-refractivity contribution in [1.29, 1.82) is 5.26 Å². The summed E-state index contributed by atoms with van der Waals surface area (Å²) in [6.07, 6.45) is 3.52. The molecule has 0 spiro atoms. The fourth-order valence-electron chi connectivity index (χ4n) is 1.58. The van der Waals surface area contributed by atoms with E-state index in [0.29, 0.717) is 18.5 Å². The molecule has 0 atom stereocenters. The highest BCUT2D eigenvalue weighted by molar-refractivity contribution is 5.67. The molecule has 1 amide bonds. The van der Waals surface area contributed by atoms with Gasteiger partial charge in [0.2, 0.25) is 0 Å². The molecule has 21 heavy (non-hydrogen) atoms. The summed E-state index contributed by atoms with van der Waals surface area (Å²) in [4.78, 5) is 11.4. The average molecular weight is 290 g/mol. The Labute approximate surface area is 124 Å². The number of ether oxygens (including phenoxy) is 1. The highest BCUT2D eigenvalue weighted by atomic mass is 19.1. The fourth-order valence-corrected chi connectivity index (χ4v) is 1.58. The number of nitriles is 1. The van der Waals surface area contributed by atoms with Crippen molar-refractivity contribution >= 4 is 12.2 Å². The summed E-state index contributed by atoms with van der Waals surface area (Å²) < 4.78 is 18.4. The van der Waals surface area contributed by atoms with Crippen molar-refractivity contribution in [2.24, 2.45) is 0 Å². The molecule has 1 rings (SSSR count). The highest BCUT2D eigenvalue weighted by Gasteiger charge is 2.15. The first-order valence-electron chi connectivity index (χ1n) is 6.65. The number of benzene rings is 1. The van der Waals surface area contributed by atoms with Crippen LogP contribution in [0.5, 0.6) is 0 Å². The molecule has 1 N–H and O–H groups in total. The Kier molecular flexibility index (Phi) is 5.92. The van der Waals surface area contributed by atoms with E-state index in [-0.39, 0.29) is 5.56 Å². The number of rotatable bonds is 4. The smallest absolute Gasteiger partial charge is 0.407 e. The van der Waals surface area contributed by atoms with Gasteiger partial charge in [-0.1, -0.05) is 24.3 Å². The summed E-state index contributed by atoms with van der Waals surface area (Å²) in [7, 11) is 0. The van der Waals surface area contributed by atoms with Crippen LogP contribution in [-0.4, -0.2) is 18.2 Å². The van der Waals surface area contributed by atoms with Gasteiger partial charge in [0.05, 0.1) is 5.56 Å². The van der Waals surface area contributed by atoms with Crippen LogP contribution in [-0.2, 0) is 4.74 Å². The molecule has 0 bridgehead atoms. The van der Waals surface area contributed by atoms with Gasteiger partial charge < -0.3 is 10.1 Å². The van der Waals surface area contributed by atoms with E-state index in [9.17, 15) is 9.18 Å². The minimum absolute atomic E-state index is 0.0221. The fraction of sp³-hybridized carbons (Fsp3) is 0.375. The van der Waals surface area contributed by atoms with Gasteiger partial charge in [-0.15, -0.1) is 0 Å². The molecule has 0 aromatic heterocycles. The van der Waals surface area contributed by atoms with Gasteiger partial charge in [-0.05, 0) is 38.8 Å². The quantitative estimate of drug-likeness (QED) is 0.861. The molecule has 0 aliphatic heterocycles. The summed E-state index contributed by atoms with van der Waals surface area (Å²) in [6, 6.07) is 6.30. The molecule has 0 saturated heterocycles. The average Bonchev–Trinajstić information content (AvgIpc) is 2.36. The predicted molar refractivity (Wildman–Crippen MR) is 79.0 cm³/mol. The van der Waals surface area contributed by atoms with E-state index in [1.165, 1.54) is 6.07 Å². The summed E-state index contributed by atoms with van der Waals surface area (Å²) in [5, 5.41) is 11.5. The predicted octanol–water partition coefficient (Wildman–Crippen LogP) is 3.63. The van der Waals surface area contributed by atoms with Crippen molar-refractivity contribution < 1.29 is 13.9 Å². The van der Waals surface area contributed by atoms with Crippen LogP contribution in [0.25, 0.3) is 6.08 Å². The third kappa shape index (κ3) is 6.09. The summed E-state index contributed by atoms with van der Waals surface area (Å²) in [6.45, 7) is 5.78. The Bertz CT molecular complexity index is 569. The van der Waals surface area contributed by atoms with Crippen molar-refractivity contribution in [2.75, 3.05) is 6.54 Å². The van der Waals surface area contributed by atoms with Crippen LogP contribution in [0.4, 0.5) is 9.18 Å². The number of nitrogens with zero attached hydrogens (tertiary/aromatic N) is 1. The van der Waals surface area contributed by atoms with E-state index < -0.39 is 17.5 Å². The first kappa shape index (κ1) is 16.7. The Balaban J connectivity index is 2.45. The van der Waals surface area contributed by atoms with E-state index >= 15 is 0 Å². The van der Waals surface area contributed by atoms with Gasteiger partial charge in [0, 0.05) is 6.54 Å². The van der Waals surface area contributed by atoms with Crippen molar-refractivity contribution in [1.82, 2.24) is 5.32 Å². The molecule has 0 heterocycles. The van der Waals surface area contributed by atoms with E-state index in [4.69, 9.17) is 10.00 Å². The maximum absolute atomic E-state index is 13.4. The molecular weight excluding hydrogens is 271 g/mol. The second-order valence-corrected chi connectivity index (χ2v) is 5.44. The van der Waals surface area contributed by atoms with Crippen molar-refractivity contribution in [2.45, 2.75) is 32.8 Å². The lowest BCUT2D eigenvalue weighted by atomic mass is 10.1. The minimum Gasteiger partial charge on any atom is -0.444 e. The largest absolute Gasteiger partial charge is 0.444 e. The van der Waals surface area contributed by atoms with Crippen LogP contribution in [0.1, 0.15) is 38.3 Å². The lowest BCUT2D eigenvalue weighted by molar-refractivity contribution is 0.0529. The van der Waals surface area contributed by atoms with Gasteiger partial charge in [-0.3, -0.25) is 0 Å². The summed E-state index contributed by atoms with van der Waals surface area (Å²) in [5.74, 6) is -0.536. The van der Waals surface area contributed by atoms with E-state index in [1.54, 1.807) is 45.1 Å². The number of hydrogen-bond acceptors (Lipinski definition) is 3. The molecular formula is C16H19FN2O2. The Morgan fingerprint density at radius 2 is 2.19 bits per heavy atom. The maximum Gasteiger partial charge on any atom is 0.407 e. The zero-order valence-electron chi connectivity index (χ0n) is 12.4. The van der Waals surface area contributed by atoms with Crippen LogP contribution in [0.2, 0.25) is 0 Å². The van der Waals surface area contributed by atoms with Gasteiger partial charge >= 0.3 is 6.09 Å². The Morgan fingerprint density at radius 3 is 2.81 bits per heavy atom. The second kappa shape index (κ2) is 7.44. The summed E-state index contributed by atoms with van der Waals surface area (Å²) >= 11 is 0. The first-order valence-corrected chi connectivity index (χ1v) is 6.65. The van der Waals surface area contributed by atoms with Crippen LogP contribution < -0.4 is 5.32 Å². The molecule has 1 aromatic carbocycles. The van der Waals surface area contributed by atoms with Gasteiger partial charge in [-0.25, -0.2) is 9.18 Å². The Hall–Kier alpha value is -2.35. The number of carbonyl (C=O) groups excluding carboxylic acids is 1. The number of halogens is 1. The van der Waals surface area contributed by atoms with Crippen LogP contribution >= 0.6 is 0 Å². The maximum atomic E-state index is 13.4. The van der Waals surface area contributed by atoms with Crippen LogP contribution in [0, 0.1) is 17.1 Å². The molecule has 0 aliphatic carbocycles. The third-order valence-corrected chi connectivity index (χ3v) is 2.43. The summed E-state index contributed by atoms with van der Waals surface area (Å²) in [5.41, 5.74) is 0.0204. The second-order valence-electron chi connectivity index (χ2n) is 5.44. The standard InChI is InChI=1S/C16H19FN2O2/c1-16(2,3)21-15(20)19-10-5-4-7-12-8-6-9-14(17)13(12)11-18/h4,6-9H,5,10H2,1-3H3,(H,19,20). The highest BCUT2D eigenvalue weighted by Crippen LogP contribution is 2.14. The van der Waals surface area contributed by atoms with Crippen molar-refractivity contribution in [3.63, 3.8) is 0 Å². The van der Waals surface area contributed by atoms with Gasteiger partial charge in [0.25, 0.3) is 0 Å². The molecule has 4 nitrogen and oxygen atoms in total. The van der Waals surface area contributed by atoms with Crippen LogP contribution in [0.15, 0.2) is 24.3 Å². The molecule has 0 unspecified atom stereocenters. The zero-order chi connectivity index (χ0) is 15.9. The number of hydrogen-bond donors (Lipinski definition) is 1. The normalized spacial score (nSPS) is 11.2. The number of carbonyl (C=O) groups is 1. The van der Waals surface area contributed by atoms with Gasteiger partial charge in [0.15, 0.2) is 0 Å². The minimum atomic E-state index is -0.536. The van der Waals surface area contributed by atoms with Gasteiger partial charge in [-0.2, -0.15) is 5.26 Å². The molecule has 0 fully saturated rings. The molecule has 0 aliphatic rings. The lowest BCUT2D eigenvalue weighted by Gasteiger charge is -2.19. The van der Waals surface area contributed by atoms with E-state index in [1.807, 2.05) is 6.07 Å². The lowest BCUT2D eigenvalue weighted by Crippen LogP contribution is -2.32. The topological polar surface area (TPSA) is 62.1 Å². The third-order valence-electron chi connectivity index (χ3n) is 2.43. The molecule has 0 saturated carbocycles. The van der Waals surface area contributed by atoms with Crippen LogP contribution in [0.3, 0.4) is 0 Å². The first-order chi connectivity index (χ1) is 9.83. The zero-order valence-corrected chi connectivity index (χ0v) is 12.4. The SMILES string of the molecule is CC(C)(C)OC(=O)NCCC=Cc1cccc(F)c1C#N. The number of amides is 1. The number of alkyl carbamates (subject to hydrolysis) is 1. The monoisotopic (exact) mass is 290 g/mol. The molecule has 0 radical (unpaired) electrons. The van der Waals surface area contributed by atoms with Gasteiger partial charge in [0.1, 0.15) is 17.5 Å². The van der Waals surface area contributed by atoms with E-state index in [0.717, 1.165) is 0 Å². The number of nitrogens with one attached hydrogen (secondary N) is 1. The molecule has 112 valence electrons. The van der Waals surface area contributed by atoms with Crippen molar-refractivity contribution in [3.05, 3.63) is 41.2 Å². The van der Waals surface area contributed by atoms with E-state index in [2.05, 4.69) is 5.32 Å². The Morgan fingerprint density at radius 1 is 1.48 bits per heavy atom.